The van der Waals surface area contributed by atoms with Crippen LogP contribution in [0.2, 0.25) is 0 Å². The molecule has 4 rings (SSSR count). The van der Waals surface area contributed by atoms with Crippen molar-refractivity contribution < 1.29 is 13.2 Å². The summed E-state index contributed by atoms with van der Waals surface area (Å²) < 4.78 is 27.4. The lowest BCUT2D eigenvalue weighted by molar-refractivity contribution is 0.102. The van der Waals surface area contributed by atoms with Crippen LogP contribution in [0, 0.1) is 0 Å². The van der Waals surface area contributed by atoms with Gasteiger partial charge in [-0.05, 0) is 47.9 Å². The Bertz CT molecular complexity index is 1080. The molecule has 2 aromatic carbocycles. The van der Waals surface area contributed by atoms with Crippen LogP contribution in [-0.4, -0.2) is 32.4 Å². The SMILES string of the molecule is O=C(Nc1ccc2ccncc2c1)c1ccc(N2CCNS2(=O)=O)cc1. The van der Waals surface area contributed by atoms with Gasteiger partial charge in [-0.2, -0.15) is 13.1 Å². The van der Waals surface area contributed by atoms with Crippen molar-refractivity contribution in [3.63, 3.8) is 0 Å². The molecule has 0 saturated carbocycles. The fourth-order valence-electron chi connectivity index (χ4n) is 2.89. The molecule has 1 aliphatic heterocycles. The second kappa shape index (κ2) is 6.40. The van der Waals surface area contributed by atoms with Gasteiger partial charge in [0.25, 0.3) is 5.91 Å². The van der Waals surface area contributed by atoms with Crippen LogP contribution in [0.15, 0.2) is 60.9 Å². The fraction of sp³-hybridized carbons (Fsp3) is 0.111. The van der Waals surface area contributed by atoms with E-state index in [4.69, 9.17) is 0 Å². The van der Waals surface area contributed by atoms with Gasteiger partial charge in [0, 0.05) is 42.1 Å². The van der Waals surface area contributed by atoms with Crippen molar-refractivity contribution in [2.75, 3.05) is 22.7 Å². The molecule has 132 valence electrons. The topological polar surface area (TPSA) is 91.4 Å². The Balaban J connectivity index is 1.52. The molecule has 0 bridgehead atoms. The zero-order valence-corrected chi connectivity index (χ0v) is 14.5. The van der Waals surface area contributed by atoms with Gasteiger partial charge in [-0.1, -0.05) is 6.07 Å². The lowest BCUT2D eigenvalue weighted by atomic mass is 10.1. The summed E-state index contributed by atoms with van der Waals surface area (Å²) in [7, 11) is -3.47. The van der Waals surface area contributed by atoms with Gasteiger partial charge < -0.3 is 5.32 Å². The predicted octanol–water partition coefficient (Wildman–Crippen LogP) is 2.14. The third-order valence-corrected chi connectivity index (χ3v) is 5.75. The van der Waals surface area contributed by atoms with Crippen molar-refractivity contribution in [1.29, 1.82) is 0 Å². The molecule has 1 saturated heterocycles. The quantitative estimate of drug-likeness (QED) is 0.741. The summed E-state index contributed by atoms with van der Waals surface area (Å²) in [5, 5.41) is 4.83. The molecule has 26 heavy (non-hydrogen) atoms. The Morgan fingerprint density at radius 1 is 1.08 bits per heavy atom. The van der Waals surface area contributed by atoms with Crippen molar-refractivity contribution in [3.8, 4) is 0 Å². The van der Waals surface area contributed by atoms with Gasteiger partial charge in [0.15, 0.2) is 0 Å². The van der Waals surface area contributed by atoms with Gasteiger partial charge in [-0.3, -0.25) is 14.1 Å². The number of benzene rings is 2. The summed E-state index contributed by atoms with van der Waals surface area (Å²) in [5.41, 5.74) is 1.65. The third-order valence-electron chi connectivity index (χ3n) is 4.21. The Kier molecular flexibility index (Phi) is 4.06. The van der Waals surface area contributed by atoms with Crippen LogP contribution in [0.25, 0.3) is 10.8 Å². The Hall–Kier alpha value is -2.97. The maximum atomic E-state index is 12.4. The number of hydrogen-bond donors (Lipinski definition) is 2. The molecule has 0 spiro atoms. The number of fused-ring (bicyclic) bond motifs is 1. The first-order valence-electron chi connectivity index (χ1n) is 8.05. The predicted molar refractivity (Wildman–Crippen MR) is 100 cm³/mol. The molecule has 8 heteroatoms. The number of rotatable bonds is 3. The molecular weight excluding hydrogens is 352 g/mol. The van der Waals surface area contributed by atoms with Gasteiger partial charge >= 0.3 is 10.2 Å². The Labute approximate surface area is 150 Å². The Morgan fingerprint density at radius 3 is 2.62 bits per heavy atom. The molecule has 0 unspecified atom stereocenters. The number of carbonyl (C=O) groups excluding carboxylic acids is 1. The van der Waals surface area contributed by atoms with Crippen LogP contribution in [0.1, 0.15) is 10.4 Å². The van der Waals surface area contributed by atoms with Crippen LogP contribution >= 0.6 is 0 Å². The molecule has 3 aromatic rings. The highest BCUT2D eigenvalue weighted by molar-refractivity contribution is 7.91. The van der Waals surface area contributed by atoms with Crippen molar-refractivity contribution in [2.24, 2.45) is 0 Å². The van der Waals surface area contributed by atoms with Crippen molar-refractivity contribution in [1.82, 2.24) is 9.71 Å². The molecular formula is C18H16N4O3S. The summed E-state index contributed by atoms with van der Waals surface area (Å²) in [5.74, 6) is -0.262. The number of pyridine rings is 1. The summed E-state index contributed by atoms with van der Waals surface area (Å²) >= 11 is 0. The number of anilines is 2. The van der Waals surface area contributed by atoms with Gasteiger partial charge in [0.2, 0.25) is 0 Å². The molecule has 2 heterocycles. The highest BCUT2D eigenvalue weighted by Crippen LogP contribution is 2.22. The van der Waals surface area contributed by atoms with Crippen molar-refractivity contribution in [2.45, 2.75) is 0 Å². The van der Waals surface area contributed by atoms with E-state index in [9.17, 15) is 13.2 Å². The largest absolute Gasteiger partial charge is 0.322 e. The van der Waals surface area contributed by atoms with E-state index in [1.165, 1.54) is 4.31 Å². The lowest BCUT2D eigenvalue weighted by Gasteiger charge is -2.16. The standard InChI is InChI=1S/C18H16N4O3S/c23-18(21-16-4-1-13-7-8-19-12-15(13)11-16)14-2-5-17(6-3-14)22-10-9-20-26(22,24)25/h1-8,11-12,20H,9-10H2,(H,21,23). The molecule has 2 N–H and O–H groups in total. The molecule has 1 aromatic heterocycles. The number of hydrogen-bond acceptors (Lipinski definition) is 4. The average molecular weight is 368 g/mol. The maximum Gasteiger partial charge on any atom is 0.301 e. The van der Waals surface area contributed by atoms with Gasteiger partial charge in [0.05, 0.1) is 5.69 Å². The zero-order chi connectivity index (χ0) is 18.1. The molecule has 0 atom stereocenters. The molecule has 1 fully saturated rings. The molecule has 0 radical (unpaired) electrons. The van der Waals surface area contributed by atoms with E-state index < -0.39 is 10.2 Å². The van der Waals surface area contributed by atoms with Crippen LogP contribution < -0.4 is 14.3 Å². The second-order valence-electron chi connectivity index (χ2n) is 5.91. The summed E-state index contributed by atoms with van der Waals surface area (Å²) in [6.45, 7) is 0.750. The normalized spacial score (nSPS) is 15.9. The minimum absolute atomic E-state index is 0.262. The zero-order valence-electron chi connectivity index (χ0n) is 13.7. The van der Waals surface area contributed by atoms with Crippen LogP contribution in [0.3, 0.4) is 0 Å². The summed E-state index contributed by atoms with van der Waals surface area (Å²) in [6.07, 6.45) is 3.46. The smallest absolute Gasteiger partial charge is 0.301 e. The first-order chi connectivity index (χ1) is 12.5. The molecule has 7 nitrogen and oxygen atoms in total. The number of amides is 1. The van der Waals surface area contributed by atoms with E-state index >= 15 is 0 Å². The van der Waals surface area contributed by atoms with Crippen LogP contribution in [-0.2, 0) is 10.2 Å². The van der Waals surface area contributed by atoms with Crippen molar-refractivity contribution in [3.05, 3.63) is 66.5 Å². The highest BCUT2D eigenvalue weighted by Gasteiger charge is 2.27. The summed E-state index contributed by atoms with van der Waals surface area (Å²) in [4.78, 5) is 16.5. The number of nitrogens with zero attached hydrogens (tertiary/aromatic N) is 2. The van der Waals surface area contributed by atoms with E-state index in [0.717, 1.165) is 10.8 Å². The first-order valence-corrected chi connectivity index (χ1v) is 9.49. The van der Waals surface area contributed by atoms with Crippen molar-refractivity contribution >= 4 is 38.3 Å². The van der Waals surface area contributed by atoms with Gasteiger partial charge in [-0.25, -0.2) is 0 Å². The lowest BCUT2D eigenvalue weighted by Crippen LogP contribution is -2.29. The van der Waals surface area contributed by atoms with E-state index in [2.05, 4.69) is 15.0 Å². The molecule has 1 aliphatic rings. The third kappa shape index (κ3) is 3.12. The highest BCUT2D eigenvalue weighted by atomic mass is 32.2. The van der Waals surface area contributed by atoms with E-state index in [0.29, 0.717) is 30.0 Å². The minimum Gasteiger partial charge on any atom is -0.322 e. The van der Waals surface area contributed by atoms with E-state index in [-0.39, 0.29) is 5.91 Å². The minimum atomic E-state index is -3.47. The monoisotopic (exact) mass is 368 g/mol. The average Bonchev–Trinajstić information content (AvgIpc) is 3.01. The molecule has 0 aliphatic carbocycles. The number of carbonyl (C=O) groups is 1. The number of aromatic nitrogens is 1. The van der Waals surface area contributed by atoms with E-state index in [1.807, 2.05) is 24.3 Å². The first kappa shape index (κ1) is 16.5. The van der Waals surface area contributed by atoms with Crippen LogP contribution in [0.4, 0.5) is 11.4 Å². The second-order valence-corrected chi connectivity index (χ2v) is 7.59. The molecule has 1 amide bonds. The number of nitrogens with one attached hydrogen (secondary N) is 2. The van der Waals surface area contributed by atoms with Crippen LogP contribution in [0.5, 0.6) is 0 Å². The van der Waals surface area contributed by atoms with Gasteiger partial charge in [-0.15, -0.1) is 0 Å². The summed E-state index contributed by atoms with van der Waals surface area (Å²) in [6, 6.07) is 14.0. The fourth-order valence-corrected chi connectivity index (χ4v) is 4.12. The van der Waals surface area contributed by atoms with E-state index in [1.54, 1.807) is 36.7 Å². The van der Waals surface area contributed by atoms with Gasteiger partial charge in [0.1, 0.15) is 0 Å². The Morgan fingerprint density at radius 2 is 1.88 bits per heavy atom. The maximum absolute atomic E-state index is 12.4.